The normalized spacial score (nSPS) is 21.1. The zero-order chi connectivity index (χ0) is 15.8. The number of aromatic nitrogens is 2. The summed E-state index contributed by atoms with van der Waals surface area (Å²) in [5.74, 6) is 2.70. The van der Waals surface area contributed by atoms with E-state index < -0.39 is 0 Å². The Hall–Kier alpha value is -1.32. The molecule has 1 aliphatic rings. The first kappa shape index (κ1) is 16.1. The monoisotopic (exact) mass is 290 g/mol. The Balaban J connectivity index is 2.24. The van der Waals surface area contributed by atoms with E-state index in [0.29, 0.717) is 16.9 Å². The van der Waals surface area contributed by atoms with Gasteiger partial charge < -0.3 is 10.6 Å². The summed E-state index contributed by atoms with van der Waals surface area (Å²) in [5.41, 5.74) is 1.85. The molecular weight excluding hydrogens is 260 g/mol. The number of nitrogens with zero attached hydrogens (tertiary/aromatic N) is 2. The SMILES string of the molecule is CNc1nc(C)nc(NC2CC(C)(C)CC(C)(C)C2)c1C. The third kappa shape index (κ3) is 3.86. The molecule has 1 aromatic heterocycles. The van der Waals surface area contributed by atoms with Crippen LogP contribution in [0.5, 0.6) is 0 Å². The molecule has 0 amide bonds. The molecule has 1 heterocycles. The molecule has 21 heavy (non-hydrogen) atoms. The summed E-state index contributed by atoms with van der Waals surface area (Å²) in [6.07, 6.45) is 3.66. The van der Waals surface area contributed by atoms with Crippen LogP contribution in [0.1, 0.15) is 58.3 Å². The maximum atomic E-state index is 4.61. The maximum absolute atomic E-state index is 4.61. The van der Waals surface area contributed by atoms with Gasteiger partial charge in [-0.05, 0) is 43.9 Å². The summed E-state index contributed by atoms with van der Waals surface area (Å²) < 4.78 is 0. The number of hydrogen-bond donors (Lipinski definition) is 2. The molecule has 1 aromatic rings. The average molecular weight is 290 g/mol. The van der Waals surface area contributed by atoms with Crippen molar-refractivity contribution >= 4 is 11.6 Å². The predicted octanol–water partition coefficient (Wildman–Crippen LogP) is 4.15. The van der Waals surface area contributed by atoms with E-state index in [1.807, 2.05) is 14.0 Å². The van der Waals surface area contributed by atoms with Crippen LogP contribution in [0.15, 0.2) is 0 Å². The largest absolute Gasteiger partial charge is 0.373 e. The van der Waals surface area contributed by atoms with E-state index in [4.69, 9.17) is 0 Å². The van der Waals surface area contributed by atoms with Gasteiger partial charge in [-0.15, -0.1) is 0 Å². The van der Waals surface area contributed by atoms with Crippen molar-refractivity contribution in [3.8, 4) is 0 Å². The predicted molar refractivity (Wildman–Crippen MR) is 89.9 cm³/mol. The highest BCUT2D eigenvalue weighted by molar-refractivity contribution is 5.57. The van der Waals surface area contributed by atoms with Gasteiger partial charge in [0.15, 0.2) is 0 Å². The highest BCUT2D eigenvalue weighted by atomic mass is 15.1. The van der Waals surface area contributed by atoms with Gasteiger partial charge in [0.25, 0.3) is 0 Å². The second-order valence-corrected chi connectivity index (χ2v) is 8.10. The molecule has 0 bridgehead atoms. The van der Waals surface area contributed by atoms with Crippen molar-refractivity contribution in [3.05, 3.63) is 11.4 Å². The highest BCUT2D eigenvalue weighted by Gasteiger charge is 2.38. The zero-order valence-corrected chi connectivity index (χ0v) is 14.6. The number of nitrogens with one attached hydrogen (secondary N) is 2. The summed E-state index contributed by atoms with van der Waals surface area (Å²) in [6, 6.07) is 0.474. The summed E-state index contributed by atoms with van der Waals surface area (Å²) >= 11 is 0. The molecular formula is C17H30N4. The average Bonchev–Trinajstić information content (AvgIpc) is 2.29. The summed E-state index contributed by atoms with van der Waals surface area (Å²) in [7, 11) is 1.91. The van der Waals surface area contributed by atoms with E-state index in [2.05, 4.69) is 55.2 Å². The lowest BCUT2D eigenvalue weighted by Gasteiger charge is -2.45. The second kappa shape index (κ2) is 5.47. The molecule has 2 N–H and O–H groups in total. The van der Waals surface area contributed by atoms with Crippen molar-refractivity contribution in [1.29, 1.82) is 0 Å². The fraction of sp³-hybridized carbons (Fsp3) is 0.765. The first-order valence-corrected chi connectivity index (χ1v) is 7.91. The molecule has 1 fully saturated rings. The Morgan fingerprint density at radius 3 is 2.00 bits per heavy atom. The van der Waals surface area contributed by atoms with E-state index in [0.717, 1.165) is 23.0 Å². The number of anilines is 2. The molecule has 0 aliphatic heterocycles. The molecule has 118 valence electrons. The van der Waals surface area contributed by atoms with Crippen LogP contribution in [0.3, 0.4) is 0 Å². The van der Waals surface area contributed by atoms with Crippen LogP contribution < -0.4 is 10.6 Å². The highest BCUT2D eigenvalue weighted by Crippen LogP contribution is 2.46. The van der Waals surface area contributed by atoms with E-state index in [1.54, 1.807) is 0 Å². The minimum absolute atomic E-state index is 0.376. The summed E-state index contributed by atoms with van der Waals surface area (Å²) in [6.45, 7) is 13.5. The molecule has 0 saturated heterocycles. The van der Waals surface area contributed by atoms with Crippen LogP contribution in [0, 0.1) is 24.7 Å². The van der Waals surface area contributed by atoms with E-state index in [9.17, 15) is 0 Å². The molecule has 4 nitrogen and oxygen atoms in total. The Morgan fingerprint density at radius 1 is 0.952 bits per heavy atom. The van der Waals surface area contributed by atoms with Gasteiger partial charge in [0.2, 0.25) is 0 Å². The van der Waals surface area contributed by atoms with Crippen molar-refractivity contribution in [1.82, 2.24) is 9.97 Å². The molecule has 0 atom stereocenters. The fourth-order valence-corrected chi connectivity index (χ4v) is 4.15. The van der Waals surface area contributed by atoms with Crippen molar-refractivity contribution in [2.75, 3.05) is 17.7 Å². The maximum Gasteiger partial charge on any atom is 0.134 e. The number of hydrogen-bond acceptors (Lipinski definition) is 4. The van der Waals surface area contributed by atoms with Crippen LogP contribution in [0.4, 0.5) is 11.6 Å². The lowest BCUT2D eigenvalue weighted by Crippen LogP contribution is -2.40. The molecule has 0 radical (unpaired) electrons. The summed E-state index contributed by atoms with van der Waals surface area (Å²) in [4.78, 5) is 9.05. The van der Waals surface area contributed by atoms with Gasteiger partial charge >= 0.3 is 0 Å². The Kier molecular flexibility index (Phi) is 4.18. The molecule has 0 spiro atoms. The topological polar surface area (TPSA) is 49.8 Å². The van der Waals surface area contributed by atoms with Gasteiger partial charge in [-0.2, -0.15) is 0 Å². The third-order valence-electron chi connectivity index (χ3n) is 4.39. The van der Waals surface area contributed by atoms with Crippen molar-refractivity contribution in [2.45, 2.75) is 66.8 Å². The Bertz CT molecular complexity index is 504. The molecule has 0 unspecified atom stereocenters. The molecule has 4 heteroatoms. The quantitative estimate of drug-likeness (QED) is 0.878. The minimum Gasteiger partial charge on any atom is -0.373 e. The molecule has 1 saturated carbocycles. The molecule has 2 rings (SSSR count). The molecule has 1 aliphatic carbocycles. The van der Waals surface area contributed by atoms with E-state index in [1.165, 1.54) is 19.3 Å². The first-order chi connectivity index (χ1) is 9.62. The zero-order valence-electron chi connectivity index (χ0n) is 14.6. The smallest absolute Gasteiger partial charge is 0.134 e. The van der Waals surface area contributed by atoms with Gasteiger partial charge in [-0.3, -0.25) is 0 Å². The third-order valence-corrected chi connectivity index (χ3v) is 4.39. The van der Waals surface area contributed by atoms with Gasteiger partial charge in [0, 0.05) is 18.7 Å². The van der Waals surface area contributed by atoms with E-state index in [-0.39, 0.29) is 0 Å². The van der Waals surface area contributed by atoms with Gasteiger partial charge in [0.1, 0.15) is 17.5 Å². The Morgan fingerprint density at radius 2 is 1.48 bits per heavy atom. The van der Waals surface area contributed by atoms with Crippen LogP contribution >= 0.6 is 0 Å². The minimum atomic E-state index is 0.376. The van der Waals surface area contributed by atoms with Crippen LogP contribution in [0.2, 0.25) is 0 Å². The van der Waals surface area contributed by atoms with Crippen LogP contribution in [-0.4, -0.2) is 23.1 Å². The summed E-state index contributed by atoms with van der Waals surface area (Å²) in [5, 5.41) is 6.84. The lowest BCUT2D eigenvalue weighted by atomic mass is 9.63. The van der Waals surface area contributed by atoms with Crippen molar-refractivity contribution in [3.63, 3.8) is 0 Å². The van der Waals surface area contributed by atoms with Gasteiger partial charge in [0.05, 0.1) is 0 Å². The second-order valence-electron chi connectivity index (χ2n) is 8.10. The fourth-order valence-electron chi connectivity index (χ4n) is 4.15. The van der Waals surface area contributed by atoms with Crippen LogP contribution in [-0.2, 0) is 0 Å². The number of aryl methyl sites for hydroxylation is 1. The first-order valence-electron chi connectivity index (χ1n) is 7.91. The van der Waals surface area contributed by atoms with Gasteiger partial charge in [-0.1, -0.05) is 27.7 Å². The number of rotatable bonds is 3. The Labute approximate surface area is 129 Å². The van der Waals surface area contributed by atoms with Crippen molar-refractivity contribution < 1.29 is 0 Å². The lowest BCUT2D eigenvalue weighted by molar-refractivity contribution is 0.105. The van der Waals surface area contributed by atoms with E-state index >= 15 is 0 Å². The van der Waals surface area contributed by atoms with Gasteiger partial charge in [-0.25, -0.2) is 9.97 Å². The standard InChI is InChI=1S/C17H30N4/c1-11-14(18-7)19-12(2)20-15(11)21-13-8-16(3,4)10-17(5,6)9-13/h13H,8-10H2,1-7H3,(H2,18,19,20,21). The van der Waals surface area contributed by atoms with Crippen molar-refractivity contribution in [2.24, 2.45) is 10.8 Å². The molecule has 0 aromatic carbocycles. The van der Waals surface area contributed by atoms with Crippen LogP contribution in [0.25, 0.3) is 0 Å².